The number of unbranched alkanes of at least 4 members (excludes halogenated alkanes) is 1. The number of carbonyl (C=O) groups is 2. The van der Waals surface area contributed by atoms with Crippen molar-refractivity contribution in [2.45, 2.75) is 96.8 Å². The maximum atomic E-state index is 12.3. The van der Waals surface area contributed by atoms with Crippen LogP contribution in [0.4, 0.5) is 0 Å². The Kier molecular flexibility index (Phi) is 12.9. The van der Waals surface area contributed by atoms with Crippen LogP contribution in [0.15, 0.2) is 72.8 Å². The predicted octanol–water partition coefficient (Wildman–Crippen LogP) is 5.91. The van der Waals surface area contributed by atoms with Crippen LogP contribution in [0.1, 0.15) is 98.3 Å². The molecule has 3 atom stereocenters. The number of ketones is 2. The monoisotopic (exact) mass is 556 g/mol. The van der Waals surface area contributed by atoms with Crippen LogP contribution in [0.2, 0.25) is 0 Å². The van der Waals surface area contributed by atoms with Crippen LogP contribution in [-0.4, -0.2) is 22.6 Å². The quantitative estimate of drug-likeness (QED) is 0.141. The molecule has 3 aromatic carbocycles. The minimum atomic E-state index is -0.491. The number of aryl methyl sites for hydroxylation is 2. The molecule has 0 saturated heterocycles. The van der Waals surface area contributed by atoms with Gasteiger partial charge < -0.3 is 11.5 Å². The molecule has 6 nitrogen and oxygen atoms in total. The van der Waals surface area contributed by atoms with Crippen molar-refractivity contribution < 1.29 is 9.59 Å². The number of carbonyl (C=O) groups excluding carboxylic acids is 2. The van der Waals surface area contributed by atoms with Gasteiger partial charge in [-0.2, -0.15) is 0 Å². The Labute approximate surface area is 246 Å². The number of hydrogen-bond acceptors (Lipinski definition) is 6. The van der Waals surface area contributed by atoms with Gasteiger partial charge in [-0.1, -0.05) is 93.1 Å². The van der Waals surface area contributed by atoms with Gasteiger partial charge in [0.1, 0.15) is 11.6 Å². The summed E-state index contributed by atoms with van der Waals surface area (Å²) in [5.41, 5.74) is 19.7. The molecule has 3 unspecified atom stereocenters. The van der Waals surface area contributed by atoms with Crippen molar-refractivity contribution in [2.24, 2.45) is 17.3 Å². The molecular weight excluding hydrogens is 508 g/mol. The third-order valence-electron chi connectivity index (χ3n) is 7.94. The van der Waals surface area contributed by atoms with E-state index in [2.05, 4.69) is 44.2 Å². The molecule has 0 aliphatic heterocycles. The van der Waals surface area contributed by atoms with Crippen molar-refractivity contribution in [3.8, 4) is 0 Å². The SMILES string of the molecule is CCCCC(=O)CCCc1ccccc1C(N)C(c1ccccc1CC)N(N)Cc1ccc(CC(N)C(C)=O)cc1. The van der Waals surface area contributed by atoms with E-state index in [1.54, 1.807) is 0 Å². The summed E-state index contributed by atoms with van der Waals surface area (Å²) in [5.74, 6) is 7.20. The lowest BCUT2D eigenvalue weighted by molar-refractivity contribution is -0.119. The molecule has 0 saturated carbocycles. The second kappa shape index (κ2) is 16.3. The molecule has 220 valence electrons. The van der Waals surface area contributed by atoms with Crippen LogP contribution in [0.25, 0.3) is 0 Å². The van der Waals surface area contributed by atoms with Gasteiger partial charge in [0.05, 0.1) is 18.1 Å². The number of benzene rings is 3. The number of Topliss-reactive ketones (excluding diaryl/α,β-unsaturated/α-hetero) is 2. The first-order valence-electron chi connectivity index (χ1n) is 15.0. The Bertz CT molecular complexity index is 1260. The molecule has 3 aromatic rings. The summed E-state index contributed by atoms with van der Waals surface area (Å²) in [6.07, 6.45) is 6.27. The van der Waals surface area contributed by atoms with E-state index in [0.717, 1.165) is 54.4 Å². The molecule has 0 fully saturated rings. The summed E-state index contributed by atoms with van der Waals surface area (Å²) in [7, 11) is 0. The maximum Gasteiger partial charge on any atom is 0.146 e. The second-order valence-corrected chi connectivity index (χ2v) is 11.1. The fraction of sp³-hybridized carbons (Fsp3) is 0.429. The van der Waals surface area contributed by atoms with Gasteiger partial charge >= 0.3 is 0 Å². The van der Waals surface area contributed by atoms with Crippen LogP contribution in [0.5, 0.6) is 0 Å². The van der Waals surface area contributed by atoms with Crippen molar-refractivity contribution >= 4 is 11.6 Å². The number of nitrogens with zero attached hydrogens (tertiary/aromatic N) is 1. The minimum absolute atomic E-state index is 0.0167. The number of nitrogens with two attached hydrogens (primary N) is 3. The van der Waals surface area contributed by atoms with Crippen molar-refractivity contribution in [3.63, 3.8) is 0 Å². The second-order valence-electron chi connectivity index (χ2n) is 11.1. The average molecular weight is 557 g/mol. The Balaban J connectivity index is 1.85. The molecule has 0 heterocycles. The number of hydrazine groups is 1. The Morgan fingerprint density at radius 1 is 0.780 bits per heavy atom. The molecule has 3 rings (SSSR count). The molecule has 0 amide bonds. The summed E-state index contributed by atoms with van der Waals surface area (Å²) < 4.78 is 0. The average Bonchev–Trinajstić information content (AvgIpc) is 2.97. The highest BCUT2D eigenvalue weighted by molar-refractivity contribution is 5.81. The zero-order valence-corrected chi connectivity index (χ0v) is 25.0. The molecule has 41 heavy (non-hydrogen) atoms. The van der Waals surface area contributed by atoms with Gasteiger partial charge in [-0.3, -0.25) is 15.4 Å². The Morgan fingerprint density at radius 3 is 2.00 bits per heavy atom. The van der Waals surface area contributed by atoms with E-state index in [4.69, 9.17) is 17.3 Å². The zero-order valence-electron chi connectivity index (χ0n) is 25.0. The van der Waals surface area contributed by atoms with Crippen molar-refractivity contribution in [1.29, 1.82) is 0 Å². The lowest BCUT2D eigenvalue weighted by Crippen LogP contribution is -2.41. The predicted molar refractivity (Wildman–Crippen MR) is 168 cm³/mol. The smallest absolute Gasteiger partial charge is 0.146 e. The summed E-state index contributed by atoms with van der Waals surface area (Å²) in [4.78, 5) is 23.8. The van der Waals surface area contributed by atoms with Gasteiger partial charge in [0, 0.05) is 19.4 Å². The van der Waals surface area contributed by atoms with E-state index >= 15 is 0 Å². The van der Waals surface area contributed by atoms with Crippen LogP contribution < -0.4 is 17.3 Å². The standard InChI is InChI=1S/C35H48N4O2/c1-4-6-15-30(41)16-11-14-29-13-8-9-17-31(29)34(37)35(32-18-10-7-12-28(32)5-2)39(38)24-27-21-19-26(20-22-27)23-33(36)25(3)40/h7-10,12-13,17-22,33-35H,4-6,11,14-16,23-24,36-38H2,1-3H3. The van der Waals surface area contributed by atoms with E-state index in [0.29, 0.717) is 31.6 Å². The molecule has 0 aromatic heterocycles. The summed E-state index contributed by atoms with van der Waals surface area (Å²) in [6, 6.07) is 23.7. The first-order chi connectivity index (χ1) is 19.7. The minimum Gasteiger partial charge on any atom is -0.322 e. The summed E-state index contributed by atoms with van der Waals surface area (Å²) in [6.45, 7) is 6.29. The third-order valence-corrected chi connectivity index (χ3v) is 7.94. The summed E-state index contributed by atoms with van der Waals surface area (Å²) in [5, 5.41) is 1.85. The van der Waals surface area contributed by atoms with Crippen LogP contribution in [0.3, 0.4) is 0 Å². The molecule has 0 radical (unpaired) electrons. The molecule has 6 N–H and O–H groups in total. The molecule has 6 heteroatoms. The van der Waals surface area contributed by atoms with Crippen LogP contribution >= 0.6 is 0 Å². The molecule has 0 aliphatic carbocycles. The van der Waals surface area contributed by atoms with Crippen molar-refractivity contribution in [2.75, 3.05) is 0 Å². The highest BCUT2D eigenvalue weighted by Crippen LogP contribution is 2.35. The normalized spacial score (nSPS) is 13.6. The largest absolute Gasteiger partial charge is 0.322 e. The maximum absolute atomic E-state index is 12.3. The number of rotatable bonds is 17. The first kappa shape index (κ1) is 32.4. The molecule has 0 bridgehead atoms. The fourth-order valence-corrected chi connectivity index (χ4v) is 5.44. The lowest BCUT2D eigenvalue weighted by Gasteiger charge is -2.35. The topological polar surface area (TPSA) is 115 Å². The van der Waals surface area contributed by atoms with E-state index < -0.39 is 6.04 Å². The van der Waals surface area contributed by atoms with Gasteiger partial charge in [-0.25, -0.2) is 5.01 Å². The lowest BCUT2D eigenvalue weighted by atomic mass is 9.86. The van der Waals surface area contributed by atoms with Gasteiger partial charge in [0.25, 0.3) is 0 Å². The van der Waals surface area contributed by atoms with Gasteiger partial charge in [0.2, 0.25) is 0 Å². The first-order valence-corrected chi connectivity index (χ1v) is 15.0. The van der Waals surface area contributed by atoms with Gasteiger partial charge in [-0.15, -0.1) is 0 Å². The van der Waals surface area contributed by atoms with Crippen molar-refractivity contribution in [3.05, 3.63) is 106 Å². The van der Waals surface area contributed by atoms with Crippen LogP contribution in [0, 0.1) is 0 Å². The Hall–Kier alpha value is -3.16. The highest BCUT2D eigenvalue weighted by Gasteiger charge is 2.29. The summed E-state index contributed by atoms with van der Waals surface area (Å²) >= 11 is 0. The van der Waals surface area contributed by atoms with Crippen LogP contribution in [-0.2, 0) is 35.4 Å². The molecular formula is C35H48N4O2. The van der Waals surface area contributed by atoms with Gasteiger partial charge in [0.15, 0.2) is 0 Å². The van der Waals surface area contributed by atoms with E-state index in [1.807, 2.05) is 47.5 Å². The van der Waals surface area contributed by atoms with Gasteiger partial charge in [-0.05, 0) is 72.4 Å². The highest BCUT2D eigenvalue weighted by atomic mass is 16.1. The molecule has 0 spiro atoms. The van der Waals surface area contributed by atoms with E-state index in [1.165, 1.54) is 18.1 Å². The van der Waals surface area contributed by atoms with Crippen molar-refractivity contribution in [1.82, 2.24) is 5.01 Å². The van der Waals surface area contributed by atoms with E-state index in [9.17, 15) is 9.59 Å². The third kappa shape index (κ3) is 9.44. The van der Waals surface area contributed by atoms with E-state index in [-0.39, 0.29) is 17.9 Å². The Morgan fingerprint density at radius 2 is 1.37 bits per heavy atom. The zero-order chi connectivity index (χ0) is 29.8. The fourth-order valence-electron chi connectivity index (χ4n) is 5.44. The molecule has 0 aliphatic rings. The number of hydrogen-bond donors (Lipinski definition) is 3.